The first-order valence-corrected chi connectivity index (χ1v) is 9.10. The highest BCUT2D eigenvalue weighted by molar-refractivity contribution is 5.27. The lowest BCUT2D eigenvalue weighted by molar-refractivity contribution is -0.461. The topological polar surface area (TPSA) is 9.23 Å². The molecule has 210 valence electrons. The molecule has 0 saturated heterocycles. The fourth-order valence-electron chi connectivity index (χ4n) is 2.66. The lowest BCUT2D eigenvalue weighted by atomic mass is 9.87. The first-order valence-electron chi connectivity index (χ1n) is 9.10. The predicted octanol–water partition coefficient (Wildman–Crippen LogP) is 8.03. The second-order valence-corrected chi connectivity index (χ2v) is 7.35. The Morgan fingerprint density at radius 2 is 0.889 bits per heavy atom. The largest absolute Gasteiger partial charge is 0.497 e. The highest BCUT2D eigenvalue weighted by Gasteiger charge is 2.95. The summed E-state index contributed by atoms with van der Waals surface area (Å²) in [5, 5.41) is 0. The Labute approximate surface area is 190 Å². The van der Waals surface area contributed by atoms with Gasteiger partial charge in [-0.25, -0.2) is 0 Å². The van der Waals surface area contributed by atoms with Crippen LogP contribution in [0.25, 0.3) is 0 Å². The van der Waals surface area contributed by atoms with E-state index in [0.29, 0.717) is 0 Å². The number of aryl methyl sites for hydroxylation is 1. The minimum absolute atomic E-state index is 0.0764. The van der Waals surface area contributed by atoms with Crippen LogP contribution in [-0.4, -0.2) is 54.7 Å². The van der Waals surface area contributed by atoms with Gasteiger partial charge in [-0.1, -0.05) is 12.1 Å². The summed E-state index contributed by atoms with van der Waals surface area (Å²) in [5.74, 6) is -55.8. The Bertz CT molecular complexity index is 886. The van der Waals surface area contributed by atoms with E-state index in [1.165, 1.54) is 31.4 Å². The number of methoxy groups -OCH3 is 1. The van der Waals surface area contributed by atoms with Crippen LogP contribution in [0.4, 0.5) is 74.6 Å². The number of halogens is 17. The average Bonchev–Trinajstić information content (AvgIpc) is 2.72. The molecule has 0 spiro atoms. The van der Waals surface area contributed by atoms with Crippen LogP contribution in [0.3, 0.4) is 0 Å². The third kappa shape index (κ3) is 4.75. The molecular formula is C18H13F17O. The lowest BCUT2D eigenvalue weighted by Gasteiger charge is -2.42. The number of rotatable bonds is 11. The maximum absolute atomic E-state index is 13.8. The summed E-state index contributed by atoms with van der Waals surface area (Å²) < 4.78 is 229. The minimum atomic E-state index is -8.61. The molecule has 0 amide bonds. The molecular weight excluding hydrogens is 555 g/mol. The van der Waals surface area contributed by atoms with Gasteiger partial charge in [-0.05, 0) is 30.5 Å². The Morgan fingerprint density at radius 1 is 0.528 bits per heavy atom. The number of benzene rings is 1. The van der Waals surface area contributed by atoms with Gasteiger partial charge in [0.2, 0.25) is 0 Å². The molecule has 0 atom stereocenters. The van der Waals surface area contributed by atoms with Crippen molar-refractivity contribution in [1.29, 1.82) is 0 Å². The zero-order valence-electron chi connectivity index (χ0n) is 17.3. The molecule has 0 aromatic heterocycles. The summed E-state index contributed by atoms with van der Waals surface area (Å²) in [4.78, 5) is 0. The van der Waals surface area contributed by atoms with Crippen molar-refractivity contribution >= 4 is 0 Å². The molecule has 0 aliphatic carbocycles. The van der Waals surface area contributed by atoms with Crippen LogP contribution in [0, 0.1) is 0 Å². The average molecular weight is 568 g/mol. The van der Waals surface area contributed by atoms with Crippen LogP contribution >= 0.6 is 0 Å². The Balaban J connectivity index is 3.30. The fourth-order valence-corrected chi connectivity index (χ4v) is 2.66. The maximum atomic E-state index is 13.8. The van der Waals surface area contributed by atoms with E-state index in [9.17, 15) is 74.6 Å². The van der Waals surface area contributed by atoms with Crippen molar-refractivity contribution in [2.24, 2.45) is 0 Å². The van der Waals surface area contributed by atoms with Crippen LogP contribution in [-0.2, 0) is 6.42 Å². The molecule has 0 unspecified atom stereocenters. The van der Waals surface area contributed by atoms with E-state index in [0.717, 1.165) is 0 Å². The highest BCUT2D eigenvalue weighted by Crippen LogP contribution is 2.64. The van der Waals surface area contributed by atoms with Gasteiger partial charge in [0.05, 0.1) is 7.11 Å². The summed E-state index contributed by atoms with van der Waals surface area (Å²) >= 11 is 0. The zero-order chi connectivity index (χ0) is 28.8. The predicted molar refractivity (Wildman–Crippen MR) is 86.6 cm³/mol. The molecule has 0 N–H and O–H groups in total. The van der Waals surface area contributed by atoms with Crippen LogP contribution in [0.5, 0.6) is 5.75 Å². The highest BCUT2D eigenvalue weighted by atomic mass is 19.4. The lowest BCUT2D eigenvalue weighted by Crippen LogP contribution is -2.74. The number of hydrogen-bond acceptors (Lipinski definition) is 1. The third-order valence-electron chi connectivity index (χ3n) is 4.90. The van der Waals surface area contributed by atoms with Crippen LogP contribution in [0.15, 0.2) is 24.3 Å². The van der Waals surface area contributed by atoms with Gasteiger partial charge in [-0.15, -0.1) is 0 Å². The zero-order valence-corrected chi connectivity index (χ0v) is 17.3. The van der Waals surface area contributed by atoms with Gasteiger partial charge in [0, 0.05) is 6.42 Å². The molecule has 1 rings (SSSR count). The fraction of sp³-hybridized carbons (Fsp3) is 0.667. The number of ether oxygens (including phenoxy) is 1. The normalized spacial score (nSPS) is 15.3. The van der Waals surface area contributed by atoms with Gasteiger partial charge in [0.25, 0.3) is 0 Å². The van der Waals surface area contributed by atoms with Crippen molar-refractivity contribution in [2.45, 2.75) is 66.9 Å². The second-order valence-electron chi connectivity index (χ2n) is 7.35. The molecule has 18 heteroatoms. The van der Waals surface area contributed by atoms with E-state index in [1.54, 1.807) is 0 Å². The summed E-state index contributed by atoms with van der Waals surface area (Å²) in [6.45, 7) is 0. The molecule has 0 radical (unpaired) electrons. The molecule has 1 aromatic carbocycles. The molecule has 0 aliphatic rings. The summed E-state index contributed by atoms with van der Waals surface area (Å²) in [5.41, 5.74) is 0.0764. The van der Waals surface area contributed by atoms with E-state index in [4.69, 9.17) is 4.74 Å². The van der Waals surface area contributed by atoms with E-state index >= 15 is 0 Å². The van der Waals surface area contributed by atoms with Crippen molar-refractivity contribution in [3.63, 3.8) is 0 Å². The second kappa shape index (κ2) is 9.29. The summed E-state index contributed by atoms with van der Waals surface area (Å²) in [6, 6.07) is 4.80. The van der Waals surface area contributed by atoms with Crippen molar-refractivity contribution in [1.82, 2.24) is 0 Å². The third-order valence-corrected chi connectivity index (χ3v) is 4.90. The van der Waals surface area contributed by atoms with Gasteiger partial charge in [0.15, 0.2) is 0 Å². The van der Waals surface area contributed by atoms with E-state index in [-0.39, 0.29) is 11.3 Å². The Kier molecular flexibility index (Phi) is 8.22. The molecule has 36 heavy (non-hydrogen) atoms. The van der Waals surface area contributed by atoms with E-state index < -0.39 is 66.9 Å². The SMILES string of the molecule is COc1ccc(CCCC(F)(F)C(F)(F)C(F)(F)C(F)(F)C(F)(F)C(F)(F)C(F)(F)C(F)(F)F)cc1. The number of alkyl halides is 17. The summed E-state index contributed by atoms with van der Waals surface area (Å²) in [6.07, 6.45) is -12.0. The minimum Gasteiger partial charge on any atom is -0.497 e. The van der Waals surface area contributed by atoms with Crippen molar-refractivity contribution in [3.05, 3.63) is 29.8 Å². The van der Waals surface area contributed by atoms with Gasteiger partial charge in [-0.2, -0.15) is 74.6 Å². The van der Waals surface area contributed by atoms with Gasteiger partial charge < -0.3 is 4.74 Å². The van der Waals surface area contributed by atoms with Crippen molar-refractivity contribution < 1.29 is 79.4 Å². The molecule has 0 bridgehead atoms. The molecule has 0 heterocycles. The quantitative estimate of drug-likeness (QED) is 0.246. The Morgan fingerprint density at radius 3 is 1.25 bits per heavy atom. The first-order chi connectivity index (χ1) is 15.8. The molecule has 0 aliphatic heterocycles. The molecule has 0 saturated carbocycles. The maximum Gasteiger partial charge on any atom is 0.460 e. The van der Waals surface area contributed by atoms with Gasteiger partial charge >= 0.3 is 47.6 Å². The van der Waals surface area contributed by atoms with Gasteiger partial charge in [0.1, 0.15) is 5.75 Å². The summed E-state index contributed by atoms with van der Waals surface area (Å²) in [7, 11) is 1.22. The van der Waals surface area contributed by atoms with Crippen LogP contribution < -0.4 is 4.74 Å². The Hall–Kier alpha value is -2.17. The number of hydrogen-bond donors (Lipinski definition) is 0. The van der Waals surface area contributed by atoms with Crippen molar-refractivity contribution in [3.8, 4) is 5.75 Å². The standard InChI is InChI=1S/C18H13F17O/c1-36-10-6-4-9(5-7-10)3-2-8-11(19,20)12(21,22)13(23,24)14(25,26)15(27,28)16(29,30)17(31,32)18(33,34)35/h4-7H,2-3,8H2,1H3. The smallest absolute Gasteiger partial charge is 0.460 e. The molecule has 1 aromatic rings. The monoisotopic (exact) mass is 568 g/mol. The van der Waals surface area contributed by atoms with E-state index in [1.807, 2.05) is 0 Å². The molecule has 0 fully saturated rings. The first kappa shape index (κ1) is 31.9. The van der Waals surface area contributed by atoms with E-state index in [2.05, 4.69) is 0 Å². The van der Waals surface area contributed by atoms with Crippen LogP contribution in [0.1, 0.15) is 18.4 Å². The van der Waals surface area contributed by atoms with Crippen LogP contribution in [0.2, 0.25) is 0 Å². The van der Waals surface area contributed by atoms with Crippen molar-refractivity contribution in [2.75, 3.05) is 7.11 Å². The molecule has 1 nitrogen and oxygen atoms in total. The van der Waals surface area contributed by atoms with Gasteiger partial charge in [-0.3, -0.25) is 0 Å².